The molecule has 0 aliphatic carbocycles. The van der Waals surface area contributed by atoms with Crippen LogP contribution in [0.25, 0.3) is 0 Å². The van der Waals surface area contributed by atoms with E-state index in [1.807, 2.05) is 0 Å². The van der Waals surface area contributed by atoms with Gasteiger partial charge in [0, 0.05) is 19.4 Å². The van der Waals surface area contributed by atoms with Crippen molar-refractivity contribution in [1.29, 1.82) is 0 Å². The van der Waals surface area contributed by atoms with Crippen molar-refractivity contribution < 1.29 is 37.9 Å². The van der Waals surface area contributed by atoms with E-state index in [0.717, 1.165) is 44.9 Å². The Hall–Kier alpha value is -0.990. The minimum atomic E-state index is -4.38. The average molecular weight is 580 g/mol. The highest BCUT2D eigenvalue weighted by Gasteiger charge is 2.23. The molecule has 10 heteroatoms. The fourth-order valence-corrected chi connectivity index (χ4v) is 4.90. The van der Waals surface area contributed by atoms with Gasteiger partial charge in [-0.05, 0) is 12.8 Å². The van der Waals surface area contributed by atoms with Gasteiger partial charge in [0.2, 0.25) is 5.91 Å². The van der Waals surface area contributed by atoms with Crippen LogP contribution in [0, 0.1) is 0 Å². The van der Waals surface area contributed by atoms with E-state index in [1.54, 1.807) is 0 Å². The molecule has 0 aliphatic rings. The monoisotopic (exact) mass is 579 g/mol. The molecule has 39 heavy (non-hydrogen) atoms. The minimum absolute atomic E-state index is 0.0869. The Morgan fingerprint density at radius 3 is 1.69 bits per heavy atom. The normalized spacial score (nSPS) is 13.6. The van der Waals surface area contributed by atoms with E-state index in [2.05, 4.69) is 19.2 Å². The topological polar surface area (TPSA) is 131 Å². The average Bonchev–Trinajstić information content (AvgIpc) is 2.91. The van der Waals surface area contributed by atoms with Gasteiger partial charge in [0.1, 0.15) is 12.7 Å². The second kappa shape index (κ2) is 27.2. The van der Waals surface area contributed by atoms with Crippen molar-refractivity contribution in [3.8, 4) is 0 Å². The van der Waals surface area contributed by atoms with Gasteiger partial charge in [0.25, 0.3) is 0 Å². The molecule has 0 spiro atoms. The van der Waals surface area contributed by atoms with E-state index < -0.39 is 26.5 Å². The van der Waals surface area contributed by atoms with Crippen LogP contribution in [0.15, 0.2) is 0 Å². The number of phosphoric ester groups is 1. The zero-order chi connectivity index (χ0) is 29.0. The first-order chi connectivity index (χ1) is 18.8. The molecule has 0 rings (SSSR count). The highest BCUT2D eigenvalue weighted by Crippen LogP contribution is 2.42. The number of amides is 1. The molecule has 3 N–H and O–H groups in total. The summed E-state index contributed by atoms with van der Waals surface area (Å²) in [5.74, 6) is -0.531. The first kappa shape index (κ1) is 38.0. The lowest BCUT2D eigenvalue weighted by Crippen LogP contribution is -2.27. The number of esters is 1. The van der Waals surface area contributed by atoms with Crippen LogP contribution in [0.3, 0.4) is 0 Å². The lowest BCUT2D eigenvalue weighted by Gasteiger charge is -2.15. The number of aliphatic hydroxyl groups excluding tert-OH is 1. The number of nitrogens with one attached hydrogen (secondary N) is 1. The second-order valence-corrected chi connectivity index (χ2v) is 11.9. The van der Waals surface area contributed by atoms with E-state index in [1.165, 1.54) is 70.6 Å². The fraction of sp³-hybridized carbons (Fsp3) is 0.931. The summed E-state index contributed by atoms with van der Waals surface area (Å²) in [7, 11) is -4.38. The second-order valence-electron chi connectivity index (χ2n) is 10.4. The summed E-state index contributed by atoms with van der Waals surface area (Å²) in [6, 6.07) is 0. The fourth-order valence-electron chi connectivity index (χ4n) is 4.14. The lowest BCUT2D eigenvalue weighted by molar-refractivity contribution is -0.147. The van der Waals surface area contributed by atoms with Gasteiger partial charge in [-0.1, -0.05) is 117 Å². The predicted octanol–water partition coefficient (Wildman–Crippen LogP) is 6.98. The maximum Gasteiger partial charge on any atom is 0.472 e. The molecule has 0 aromatic rings. The van der Waals surface area contributed by atoms with Crippen molar-refractivity contribution in [1.82, 2.24) is 5.32 Å². The molecule has 0 aromatic heterocycles. The van der Waals surface area contributed by atoms with Crippen LogP contribution in [-0.4, -0.2) is 54.3 Å². The number of ether oxygens (including phenoxy) is 1. The SMILES string of the molecule is CCCCCCCCCCCCCCCCC(=O)NCCOP(=O)(O)OCC(O)COC(=O)CCCCCC. The molecule has 0 radical (unpaired) electrons. The summed E-state index contributed by atoms with van der Waals surface area (Å²) < 4.78 is 26.4. The zero-order valence-electron chi connectivity index (χ0n) is 24.8. The molecule has 0 aromatic carbocycles. The van der Waals surface area contributed by atoms with Crippen molar-refractivity contribution in [3.63, 3.8) is 0 Å². The van der Waals surface area contributed by atoms with Crippen LogP contribution in [0.2, 0.25) is 0 Å². The summed E-state index contributed by atoms with van der Waals surface area (Å²) in [5.41, 5.74) is 0. The number of unbranched alkanes of at least 4 members (excludes halogenated alkanes) is 16. The van der Waals surface area contributed by atoms with E-state index in [-0.39, 0.29) is 32.1 Å². The van der Waals surface area contributed by atoms with Gasteiger partial charge in [-0.25, -0.2) is 4.57 Å². The Morgan fingerprint density at radius 2 is 1.15 bits per heavy atom. The maximum atomic E-state index is 11.9. The first-order valence-corrected chi connectivity index (χ1v) is 17.0. The number of aliphatic hydroxyl groups is 1. The number of phosphoric acid groups is 1. The van der Waals surface area contributed by atoms with Gasteiger partial charge in [0.05, 0.1) is 13.2 Å². The van der Waals surface area contributed by atoms with Crippen LogP contribution in [-0.2, 0) is 27.9 Å². The third-order valence-electron chi connectivity index (χ3n) is 6.54. The van der Waals surface area contributed by atoms with Crippen LogP contribution >= 0.6 is 7.82 Å². The summed E-state index contributed by atoms with van der Waals surface area (Å²) in [6.45, 7) is 3.39. The van der Waals surface area contributed by atoms with E-state index in [0.29, 0.717) is 6.42 Å². The van der Waals surface area contributed by atoms with Gasteiger partial charge in [-0.3, -0.25) is 18.6 Å². The van der Waals surface area contributed by atoms with Crippen LogP contribution in [0.4, 0.5) is 0 Å². The van der Waals surface area contributed by atoms with Gasteiger partial charge in [-0.15, -0.1) is 0 Å². The van der Waals surface area contributed by atoms with Gasteiger partial charge in [-0.2, -0.15) is 0 Å². The van der Waals surface area contributed by atoms with Crippen molar-refractivity contribution in [2.45, 2.75) is 148 Å². The number of hydrogen-bond donors (Lipinski definition) is 3. The molecule has 0 saturated carbocycles. The van der Waals surface area contributed by atoms with Crippen LogP contribution in [0.1, 0.15) is 142 Å². The first-order valence-electron chi connectivity index (χ1n) is 15.5. The van der Waals surface area contributed by atoms with Crippen molar-refractivity contribution in [2.24, 2.45) is 0 Å². The smallest absolute Gasteiger partial charge is 0.463 e. The van der Waals surface area contributed by atoms with E-state index in [4.69, 9.17) is 13.8 Å². The summed E-state index contributed by atoms with van der Waals surface area (Å²) >= 11 is 0. The molecule has 232 valence electrons. The van der Waals surface area contributed by atoms with Gasteiger partial charge >= 0.3 is 13.8 Å². The van der Waals surface area contributed by atoms with Gasteiger partial charge in [0.15, 0.2) is 0 Å². The molecular weight excluding hydrogens is 521 g/mol. The minimum Gasteiger partial charge on any atom is -0.463 e. The van der Waals surface area contributed by atoms with Crippen molar-refractivity contribution >= 4 is 19.7 Å². The molecule has 0 bridgehead atoms. The number of carbonyl (C=O) groups is 2. The Kier molecular flexibility index (Phi) is 26.5. The van der Waals surface area contributed by atoms with E-state index in [9.17, 15) is 24.2 Å². The Labute approximate surface area is 237 Å². The lowest BCUT2D eigenvalue weighted by atomic mass is 10.0. The number of hydrogen-bond acceptors (Lipinski definition) is 7. The van der Waals surface area contributed by atoms with Crippen LogP contribution in [0.5, 0.6) is 0 Å². The standard InChI is InChI=1S/C29H58NO8P/c1-3-5-7-9-10-11-12-13-14-15-16-17-18-19-21-28(32)30-23-24-37-39(34,35)38-26-27(31)25-36-29(33)22-20-8-6-4-2/h27,31H,3-26H2,1-2H3,(H,30,32)(H,34,35). The van der Waals surface area contributed by atoms with Crippen molar-refractivity contribution in [3.05, 3.63) is 0 Å². The van der Waals surface area contributed by atoms with Crippen molar-refractivity contribution in [2.75, 3.05) is 26.4 Å². The Bertz CT molecular complexity index is 634. The quantitative estimate of drug-likeness (QED) is 0.0491. The molecule has 0 saturated heterocycles. The third kappa shape index (κ3) is 28.3. The Morgan fingerprint density at radius 1 is 0.692 bits per heavy atom. The van der Waals surface area contributed by atoms with Gasteiger partial charge < -0.3 is 20.1 Å². The maximum absolute atomic E-state index is 11.9. The summed E-state index contributed by atoms with van der Waals surface area (Å²) in [6.07, 6.45) is 20.9. The third-order valence-corrected chi connectivity index (χ3v) is 7.52. The van der Waals surface area contributed by atoms with Crippen LogP contribution < -0.4 is 5.32 Å². The molecule has 0 aliphatic heterocycles. The molecule has 9 nitrogen and oxygen atoms in total. The molecule has 1 amide bonds. The molecule has 0 heterocycles. The summed E-state index contributed by atoms with van der Waals surface area (Å²) in [4.78, 5) is 33.2. The molecule has 2 unspecified atom stereocenters. The summed E-state index contributed by atoms with van der Waals surface area (Å²) in [5, 5.41) is 12.5. The molecule has 2 atom stereocenters. The molecule has 0 fully saturated rings. The number of rotatable bonds is 29. The highest BCUT2D eigenvalue weighted by molar-refractivity contribution is 7.47. The largest absolute Gasteiger partial charge is 0.472 e. The molecular formula is C29H58NO8P. The zero-order valence-corrected chi connectivity index (χ0v) is 25.7. The van der Waals surface area contributed by atoms with E-state index >= 15 is 0 Å². The Balaban J connectivity index is 3.59. The number of carbonyl (C=O) groups excluding carboxylic acids is 2. The highest BCUT2D eigenvalue weighted by atomic mass is 31.2. The predicted molar refractivity (Wildman–Crippen MR) is 155 cm³/mol.